The first kappa shape index (κ1) is 11.6. The summed E-state index contributed by atoms with van der Waals surface area (Å²) >= 11 is 3.09. The van der Waals surface area contributed by atoms with Gasteiger partial charge in [0.15, 0.2) is 0 Å². The Hall–Kier alpha value is -0.910. The minimum absolute atomic E-state index is 0.260. The fourth-order valence-corrected chi connectivity index (χ4v) is 2.00. The van der Waals surface area contributed by atoms with E-state index in [1.807, 2.05) is 0 Å². The van der Waals surface area contributed by atoms with Gasteiger partial charge in [0.25, 0.3) is 0 Å². The third-order valence-electron chi connectivity index (χ3n) is 2.52. The molecule has 2 rings (SSSR count). The molecule has 0 spiro atoms. The van der Waals surface area contributed by atoms with Crippen LogP contribution in [0.1, 0.15) is 11.7 Å². The molecule has 0 radical (unpaired) electrons. The van der Waals surface area contributed by atoms with Gasteiger partial charge in [0, 0.05) is 28.0 Å². The second kappa shape index (κ2) is 4.53. The van der Waals surface area contributed by atoms with Crippen LogP contribution < -0.4 is 0 Å². The molecular weight excluding hydrogens is 277 g/mol. The number of rotatable bonds is 3. The lowest BCUT2D eigenvalue weighted by Crippen LogP contribution is -2.19. The third kappa shape index (κ3) is 1.98. The molecule has 16 heavy (non-hydrogen) atoms. The molecule has 0 fully saturated rings. The average Bonchev–Trinajstić information content (AvgIpc) is 2.69. The maximum atomic E-state index is 13.1. The number of H-pyrrole nitrogens is 1. The van der Waals surface area contributed by atoms with Crippen LogP contribution in [0.5, 0.6) is 0 Å². The molecule has 2 atom stereocenters. The van der Waals surface area contributed by atoms with E-state index in [0.717, 1.165) is 5.52 Å². The molecule has 5 heteroatoms. The molecule has 1 aromatic carbocycles. The Labute approximate surface area is 100 Å². The normalized spacial score (nSPS) is 15.2. The Kier molecular flexibility index (Phi) is 3.28. The van der Waals surface area contributed by atoms with E-state index in [0.29, 0.717) is 10.9 Å². The number of nitrogens with one attached hydrogen (secondary N) is 1. The van der Waals surface area contributed by atoms with Crippen LogP contribution in [0, 0.1) is 5.82 Å². The van der Waals surface area contributed by atoms with Gasteiger partial charge >= 0.3 is 0 Å². The summed E-state index contributed by atoms with van der Waals surface area (Å²) in [6.07, 6.45) is -0.363. The van der Waals surface area contributed by atoms with E-state index in [1.165, 1.54) is 12.1 Å². The highest BCUT2D eigenvalue weighted by atomic mass is 79.9. The quantitative estimate of drug-likeness (QED) is 0.758. The van der Waals surface area contributed by atoms with Crippen molar-refractivity contribution in [3.63, 3.8) is 0 Å². The zero-order valence-corrected chi connectivity index (χ0v) is 9.91. The maximum absolute atomic E-state index is 13.1. The Morgan fingerprint density at radius 2 is 2.12 bits per heavy atom. The van der Waals surface area contributed by atoms with Crippen LogP contribution in [-0.4, -0.2) is 26.6 Å². The highest BCUT2D eigenvalue weighted by Gasteiger charge is 2.20. The van der Waals surface area contributed by atoms with Crippen molar-refractivity contribution in [3.8, 4) is 0 Å². The summed E-state index contributed by atoms with van der Waals surface area (Å²) in [5.74, 6) is -0.367. The van der Waals surface area contributed by atoms with E-state index in [1.54, 1.807) is 12.3 Å². The average molecular weight is 288 g/mol. The highest BCUT2D eigenvalue weighted by Crippen LogP contribution is 2.27. The van der Waals surface area contributed by atoms with Crippen molar-refractivity contribution in [2.24, 2.45) is 0 Å². The fraction of sp³-hybridized carbons (Fsp3) is 0.273. The van der Waals surface area contributed by atoms with Gasteiger partial charge in [0.1, 0.15) is 11.9 Å². The summed E-state index contributed by atoms with van der Waals surface area (Å²) in [7, 11) is 0. The molecule has 3 N–H and O–H groups in total. The van der Waals surface area contributed by atoms with Crippen molar-refractivity contribution in [1.29, 1.82) is 0 Å². The molecule has 0 aliphatic carbocycles. The van der Waals surface area contributed by atoms with Crippen LogP contribution in [0.4, 0.5) is 4.39 Å². The zero-order chi connectivity index (χ0) is 11.7. The Morgan fingerprint density at radius 1 is 1.38 bits per heavy atom. The van der Waals surface area contributed by atoms with Crippen molar-refractivity contribution in [1.82, 2.24) is 4.98 Å². The first-order chi connectivity index (χ1) is 7.63. The number of hydrogen-bond acceptors (Lipinski definition) is 2. The first-order valence-electron chi connectivity index (χ1n) is 4.82. The number of aromatic amines is 1. The number of fused-ring (bicyclic) bond motifs is 1. The van der Waals surface area contributed by atoms with Gasteiger partial charge in [0.05, 0.1) is 6.10 Å². The second-order valence-corrected chi connectivity index (χ2v) is 4.25. The minimum atomic E-state index is -1.03. The van der Waals surface area contributed by atoms with Crippen molar-refractivity contribution < 1.29 is 14.6 Å². The zero-order valence-electron chi connectivity index (χ0n) is 8.32. The Bertz CT molecular complexity index is 500. The number of aromatic nitrogens is 1. The van der Waals surface area contributed by atoms with E-state index >= 15 is 0 Å². The molecule has 0 saturated heterocycles. The van der Waals surface area contributed by atoms with Gasteiger partial charge in [-0.2, -0.15) is 0 Å². The van der Waals surface area contributed by atoms with Crippen molar-refractivity contribution in [2.75, 3.05) is 5.33 Å². The molecule has 0 aliphatic rings. The van der Waals surface area contributed by atoms with Crippen LogP contribution >= 0.6 is 15.9 Å². The van der Waals surface area contributed by atoms with E-state index < -0.39 is 12.2 Å². The highest BCUT2D eigenvalue weighted by molar-refractivity contribution is 9.09. The number of aliphatic hydroxyl groups is 2. The molecule has 86 valence electrons. The summed E-state index contributed by atoms with van der Waals surface area (Å²) in [5, 5.41) is 20.2. The van der Waals surface area contributed by atoms with Crippen molar-refractivity contribution in [2.45, 2.75) is 12.2 Å². The summed E-state index contributed by atoms with van der Waals surface area (Å²) in [6.45, 7) is 0. The standard InChI is InChI=1S/C11H11BrFNO2/c12-4-10(15)11(16)8-5-14-9-2-1-6(13)3-7(8)9/h1-3,5,10-11,14-16H,4H2. The number of halogens is 2. The molecule has 3 nitrogen and oxygen atoms in total. The lowest BCUT2D eigenvalue weighted by molar-refractivity contribution is 0.0352. The second-order valence-electron chi connectivity index (χ2n) is 3.60. The predicted octanol–water partition coefficient (Wildman–Crippen LogP) is 2.10. The molecule has 0 aliphatic heterocycles. The summed E-state index contributed by atoms with van der Waals surface area (Å²) in [5.41, 5.74) is 1.23. The van der Waals surface area contributed by atoms with Gasteiger partial charge in [-0.3, -0.25) is 0 Å². The van der Waals surface area contributed by atoms with Crippen molar-refractivity contribution in [3.05, 3.63) is 35.8 Å². The van der Waals surface area contributed by atoms with Crippen molar-refractivity contribution >= 4 is 26.8 Å². The van der Waals surface area contributed by atoms with Crippen LogP contribution in [0.15, 0.2) is 24.4 Å². The van der Waals surface area contributed by atoms with Crippen LogP contribution in [0.25, 0.3) is 10.9 Å². The fourth-order valence-electron chi connectivity index (χ4n) is 1.65. The van der Waals surface area contributed by atoms with Crippen LogP contribution in [0.3, 0.4) is 0 Å². The monoisotopic (exact) mass is 287 g/mol. The van der Waals surface area contributed by atoms with Crippen LogP contribution in [-0.2, 0) is 0 Å². The van der Waals surface area contributed by atoms with Crippen LogP contribution in [0.2, 0.25) is 0 Å². The summed E-state index contributed by atoms with van der Waals surface area (Å²) in [4.78, 5) is 2.92. The van der Waals surface area contributed by atoms with E-state index in [-0.39, 0.29) is 11.1 Å². The lowest BCUT2D eigenvalue weighted by atomic mass is 10.0. The van der Waals surface area contributed by atoms with Gasteiger partial charge in [-0.15, -0.1) is 0 Å². The minimum Gasteiger partial charge on any atom is -0.389 e. The van der Waals surface area contributed by atoms with E-state index in [4.69, 9.17) is 0 Å². The van der Waals surface area contributed by atoms with Gasteiger partial charge in [0.2, 0.25) is 0 Å². The van der Waals surface area contributed by atoms with E-state index in [9.17, 15) is 14.6 Å². The molecule has 1 aromatic heterocycles. The Morgan fingerprint density at radius 3 is 2.81 bits per heavy atom. The number of aliphatic hydroxyl groups excluding tert-OH is 2. The molecular formula is C11H11BrFNO2. The first-order valence-corrected chi connectivity index (χ1v) is 5.94. The third-order valence-corrected chi connectivity index (χ3v) is 3.18. The van der Waals surface area contributed by atoms with Gasteiger partial charge in [-0.1, -0.05) is 15.9 Å². The number of alkyl halides is 1. The van der Waals surface area contributed by atoms with E-state index in [2.05, 4.69) is 20.9 Å². The molecule has 1 heterocycles. The van der Waals surface area contributed by atoms with Gasteiger partial charge in [-0.25, -0.2) is 4.39 Å². The summed E-state index contributed by atoms with van der Waals surface area (Å²) in [6, 6.07) is 4.28. The molecule has 0 saturated carbocycles. The topological polar surface area (TPSA) is 56.2 Å². The molecule has 0 amide bonds. The van der Waals surface area contributed by atoms with Gasteiger partial charge < -0.3 is 15.2 Å². The SMILES string of the molecule is OC(CBr)C(O)c1c[nH]c2ccc(F)cc12. The lowest BCUT2D eigenvalue weighted by Gasteiger charge is -2.14. The van der Waals surface area contributed by atoms with Gasteiger partial charge in [-0.05, 0) is 18.2 Å². The molecule has 2 unspecified atom stereocenters. The smallest absolute Gasteiger partial charge is 0.123 e. The molecule has 0 bridgehead atoms. The largest absolute Gasteiger partial charge is 0.389 e. The summed E-state index contributed by atoms with van der Waals surface area (Å²) < 4.78 is 13.1. The molecule has 2 aromatic rings. The number of benzene rings is 1. The Balaban J connectivity index is 2.48. The predicted molar refractivity (Wildman–Crippen MR) is 63.0 cm³/mol. The number of hydrogen-bond donors (Lipinski definition) is 3. The maximum Gasteiger partial charge on any atom is 0.123 e.